The number of hydrogen-bond acceptors (Lipinski definition) is 6. The highest BCUT2D eigenvalue weighted by molar-refractivity contribution is 5.78. The number of hydrogen-bond donors (Lipinski definition) is 1. The van der Waals surface area contributed by atoms with Crippen LogP contribution in [-0.4, -0.2) is 48.0 Å². The van der Waals surface area contributed by atoms with Crippen molar-refractivity contribution in [3.8, 4) is 22.6 Å². The third kappa shape index (κ3) is 4.19. The van der Waals surface area contributed by atoms with Gasteiger partial charge in [0.15, 0.2) is 0 Å². The first-order chi connectivity index (χ1) is 16.7. The van der Waals surface area contributed by atoms with Crippen molar-refractivity contribution in [3.05, 3.63) is 70.5 Å². The molecule has 176 valence electrons. The maximum atomic E-state index is 13.3. The van der Waals surface area contributed by atoms with Crippen LogP contribution in [0.5, 0.6) is 0 Å². The van der Waals surface area contributed by atoms with Gasteiger partial charge in [0.1, 0.15) is 0 Å². The van der Waals surface area contributed by atoms with Gasteiger partial charge in [-0.25, -0.2) is 4.79 Å². The first-order valence-electron chi connectivity index (χ1n) is 11.8. The number of pyridine rings is 1. The lowest BCUT2D eigenvalue weighted by molar-refractivity contribution is -0.0105. The number of unbranched alkanes of at least 4 members (excludes halogenated alkanes) is 1. The van der Waals surface area contributed by atoms with Crippen molar-refractivity contribution in [2.24, 2.45) is 0 Å². The second-order valence-corrected chi connectivity index (χ2v) is 8.75. The standard InChI is InChI=1S/C25H29N7O2/c1-3-4-7-18-16-32(22-12-13-23(22)34-2)25(33)31(18)15-17-10-11-21(26-14-17)19-8-5-6-9-20(19)24-27-29-30-28-24/h5-6,8-11,14,16,22-23H,3-4,7,12-13,15H2,1-2H3,(H,27,28,29,30). The molecule has 34 heavy (non-hydrogen) atoms. The Morgan fingerprint density at radius 1 is 1.15 bits per heavy atom. The SMILES string of the molecule is CCCCc1cn(C2CCC2OC)c(=O)n1Cc1ccc(-c2ccccc2-c2nn[nH]n2)nc1. The average molecular weight is 460 g/mol. The molecule has 0 spiro atoms. The zero-order valence-corrected chi connectivity index (χ0v) is 19.5. The number of aryl methyl sites for hydroxylation is 1. The van der Waals surface area contributed by atoms with Crippen LogP contribution < -0.4 is 5.69 Å². The monoisotopic (exact) mass is 459 g/mol. The Morgan fingerprint density at radius 2 is 2.00 bits per heavy atom. The summed E-state index contributed by atoms with van der Waals surface area (Å²) in [6, 6.07) is 12.0. The molecular formula is C25H29N7O2. The summed E-state index contributed by atoms with van der Waals surface area (Å²) < 4.78 is 9.33. The number of rotatable bonds is 9. The Bertz CT molecular complexity index is 1290. The van der Waals surface area contributed by atoms with Gasteiger partial charge in [-0.05, 0) is 42.5 Å². The van der Waals surface area contributed by atoms with Crippen molar-refractivity contribution in [2.45, 2.75) is 57.7 Å². The third-order valence-corrected chi connectivity index (χ3v) is 6.66. The number of H-pyrrole nitrogens is 1. The Labute approximate surface area is 197 Å². The molecule has 0 radical (unpaired) electrons. The van der Waals surface area contributed by atoms with Gasteiger partial charge >= 0.3 is 5.69 Å². The van der Waals surface area contributed by atoms with E-state index in [1.54, 1.807) is 7.11 Å². The normalized spacial score (nSPS) is 17.6. The number of aromatic amines is 1. The number of methoxy groups -OCH3 is 1. The fraction of sp³-hybridized carbons (Fsp3) is 0.400. The third-order valence-electron chi connectivity index (χ3n) is 6.66. The summed E-state index contributed by atoms with van der Waals surface area (Å²) >= 11 is 0. The van der Waals surface area contributed by atoms with Crippen LogP contribution in [0, 0.1) is 0 Å². The molecule has 5 rings (SSSR count). The van der Waals surface area contributed by atoms with Gasteiger partial charge in [-0.15, -0.1) is 10.2 Å². The minimum absolute atomic E-state index is 0.0318. The number of benzene rings is 1. The summed E-state index contributed by atoms with van der Waals surface area (Å²) in [6.45, 7) is 2.66. The lowest BCUT2D eigenvalue weighted by Crippen LogP contribution is -2.40. The fourth-order valence-corrected chi connectivity index (χ4v) is 4.59. The Kier molecular flexibility index (Phi) is 6.35. The number of nitrogens with one attached hydrogen (secondary N) is 1. The summed E-state index contributed by atoms with van der Waals surface area (Å²) in [6.07, 6.45) is 8.99. The highest BCUT2D eigenvalue weighted by atomic mass is 16.5. The molecular weight excluding hydrogens is 430 g/mol. The Morgan fingerprint density at radius 3 is 2.65 bits per heavy atom. The van der Waals surface area contributed by atoms with Crippen molar-refractivity contribution in [3.63, 3.8) is 0 Å². The van der Waals surface area contributed by atoms with Gasteiger partial charge in [0, 0.05) is 36.3 Å². The molecule has 1 aromatic carbocycles. The van der Waals surface area contributed by atoms with E-state index in [9.17, 15) is 4.79 Å². The Hall–Kier alpha value is -3.59. The summed E-state index contributed by atoms with van der Waals surface area (Å²) in [5.74, 6) is 0.528. The van der Waals surface area contributed by atoms with Crippen molar-refractivity contribution in [1.29, 1.82) is 0 Å². The van der Waals surface area contributed by atoms with Crippen LogP contribution in [-0.2, 0) is 17.7 Å². The van der Waals surface area contributed by atoms with E-state index in [-0.39, 0.29) is 17.8 Å². The molecule has 4 aromatic rings. The van der Waals surface area contributed by atoms with E-state index in [0.29, 0.717) is 12.4 Å². The maximum Gasteiger partial charge on any atom is 0.329 e. The topological polar surface area (TPSA) is 104 Å². The van der Waals surface area contributed by atoms with Crippen molar-refractivity contribution in [2.75, 3.05) is 7.11 Å². The molecule has 0 amide bonds. The highest BCUT2D eigenvalue weighted by Crippen LogP contribution is 2.34. The quantitative estimate of drug-likeness (QED) is 0.410. The molecule has 3 heterocycles. The number of nitrogens with zero attached hydrogens (tertiary/aromatic N) is 6. The molecule has 0 bridgehead atoms. The minimum Gasteiger partial charge on any atom is -0.379 e. The van der Waals surface area contributed by atoms with Crippen LogP contribution >= 0.6 is 0 Å². The van der Waals surface area contributed by atoms with Gasteiger partial charge < -0.3 is 4.74 Å². The van der Waals surface area contributed by atoms with Gasteiger partial charge in [0.25, 0.3) is 0 Å². The second-order valence-electron chi connectivity index (χ2n) is 8.75. The molecule has 1 N–H and O–H groups in total. The van der Waals surface area contributed by atoms with E-state index < -0.39 is 0 Å². The first kappa shape index (κ1) is 22.2. The lowest BCUT2D eigenvalue weighted by Gasteiger charge is -2.35. The van der Waals surface area contributed by atoms with E-state index in [0.717, 1.165) is 60.2 Å². The molecule has 1 aliphatic rings. The van der Waals surface area contributed by atoms with Crippen molar-refractivity contribution in [1.82, 2.24) is 34.7 Å². The number of ether oxygens (including phenoxy) is 1. The predicted octanol–water partition coefficient (Wildman–Crippen LogP) is 3.63. The number of tetrazole rings is 1. The zero-order valence-electron chi connectivity index (χ0n) is 19.5. The predicted molar refractivity (Wildman–Crippen MR) is 128 cm³/mol. The first-order valence-corrected chi connectivity index (χ1v) is 11.8. The zero-order chi connectivity index (χ0) is 23.5. The van der Waals surface area contributed by atoms with Gasteiger partial charge in [0.2, 0.25) is 5.82 Å². The number of aromatic nitrogens is 7. The lowest BCUT2D eigenvalue weighted by atomic mass is 9.89. The fourth-order valence-electron chi connectivity index (χ4n) is 4.59. The molecule has 1 fully saturated rings. The minimum atomic E-state index is 0.0318. The highest BCUT2D eigenvalue weighted by Gasteiger charge is 2.34. The molecule has 9 nitrogen and oxygen atoms in total. The molecule has 2 atom stereocenters. The summed E-state index contributed by atoms with van der Waals surface area (Å²) in [5, 5.41) is 14.4. The molecule has 3 aromatic heterocycles. The summed E-state index contributed by atoms with van der Waals surface area (Å²) in [7, 11) is 1.72. The maximum absolute atomic E-state index is 13.3. The van der Waals surface area contributed by atoms with Gasteiger partial charge in [0.05, 0.1) is 24.4 Å². The van der Waals surface area contributed by atoms with Crippen LogP contribution in [0.1, 0.15) is 49.9 Å². The van der Waals surface area contributed by atoms with Crippen molar-refractivity contribution >= 4 is 0 Å². The number of imidazole rings is 1. The average Bonchev–Trinajstić information content (AvgIpc) is 3.48. The van der Waals surface area contributed by atoms with E-state index in [2.05, 4.69) is 27.5 Å². The van der Waals surface area contributed by atoms with Crippen LogP contribution in [0.3, 0.4) is 0 Å². The van der Waals surface area contributed by atoms with Crippen LogP contribution in [0.2, 0.25) is 0 Å². The van der Waals surface area contributed by atoms with E-state index >= 15 is 0 Å². The van der Waals surface area contributed by atoms with Gasteiger partial charge in [-0.2, -0.15) is 5.21 Å². The van der Waals surface area contributed by atoms with E-state index in [1.807, 2.05) is 57.9 Å². The molecule has 2 unspecified atom stereocenters. The second kappa shape index (κ2) is 9.72. The van der Waals surface area contributed by atoms with Gasteiger partial charge in [-0.3, -0.25) is 14.1 Å². The molecule has 1 saturated carbocycles. The molecule has 0 saturated heterocycles. The molecule has 9 heteroatoms. The van der Waals surface area contributed by atoms with E-state index in [1.165, 1.54) is 0 Å². The molecule has 0 aliphatic heterocycles. The largest absolute Gasteiger partial charge is 0.379 e. The Balaban J connectivity index is 1.43. The summed E-state index contributed by atoms with van der Waals surface area (Å²) in [5.41, 5.74) is 4.69. The van der Waals surface area contributed by atoms with Crippen molar-refractivity contribution < 1.29 is 4.74 Å². The van der Waals surface area contributed by atoms with Gasteiger partial charge in [-0.1, -0.05) is 43.7 Å². The van der Waals surface area contributed by atoms with Crippen LogP contribution in [0.25, 0.3) is 22.6 Å². The molecule has 1 aliphatic carbocycles. The van der Waals surface area contributed by atoms with E-state index in [4.69, 9.17) is 9.72 Å². The van der Waals surface area contributed by atoms with Crippen LogP contribution in [0.4, 0.5) is 0 Å². The van der Waals surface area contributed by atoms with Crippen LogP contribution in [0.15, 0.2) is 53.6 Å². The smallest absolute Gasteiger partial charge is 0.329 e. The summed E-state index contributed by atoms with van der Waals surface area (Å²) in [4.78, 5) is 18.0.